The molecule has 1 aliphatic rings. The number of carbonyl (C=O) groups is 3. The number of aryl methyl sites for hydroxylation is 1. The number of amides is 4. The Balaban J connectivity index is 1.56. The number of imide groups is 2. The van der Waals surface area contributed by atoms with Gasteiger partial charge in [-0.05, 0) is 67.4 Å². The number of rotatable bonds is 8. The van der Waals surface area contributed by atoms with Gasteiger partial charge in [-0.25, -0.2) is 9.69 Å². The molecule has 1 heterocycles. The molecule has 0 radical (unpaired) electrons. The van der Waals surface area contributed by atoms with Crippen LogP contribution in [0.5, 0.6) is 17.2 Å². The summed E-state index contributed by atoms with van der Waals surface area (Å²) in [6.45, 7) is 4.58. The predicted molar refractivity (Wildman–Crippen MR) is 140 cm³/mol. The minimum atomic E-state index is -0.845. The third-order valence-corrected chi connectivity index (χ3v) is 5.85. The molecule has 3 aromatic rings. The van der Waals surface area contributed by atoms with Gasteiger partial charge in [0, 0.05) is 0 Å². The second-order valence-electron chi connectivity index (χ2n) is 8.19. The van der Waals surface area contributed by atoms with E-state index in [-0.39, 0.29) is 16.3 Å². The van der Waals surface area contributed by atoms with Crippen molar-refractivity contribution < 1.29 is 28.6 Å². The zero-order valence-corrected chi connectivity index (χ0v) is 21.3. The molecular formula is C28H25ClN2O6. The van der Waals surface area contributed by atoms with Crippen LogP contribution in [0.4, 0.5) is 10.5 Å². The minimum Gasteiger partial charge on any atom is -0.493 e. The summed E-state index contributed by atoms with van der Waals surface area (Å²) in [5.41, 5.74) is 2.65. The van der Waals surface area contributed by atoms with E-state index in [0.717, 1.165) is 16.0 Å². The first-order valence-electron chi connectivity index (χ1n) is 11.5. The number of anilines is 1. The Labute approximate surface area is 219 Å². The number of nitrogens with one attached hydrogen (secondary N) is 1. The number of ether oxygens (including phenoxy) is 3. The Morgan fingerprint density at radius 2 is 1.68 bits per heavy atom. The quantitative estimate of drug-likeness (QED) is 0.320. The van der Waals surface area contributed by atoms with Gasteiger partial charge >= 0.3 is 6.03 Å². The molecule has 4 rings (SSSR count). The van der Waals surface area contributed by atoms with Gasteiger partial charge < -0.3 is 14.2 Å². The van der Waals surface area contributed by atoms with E-state index in [0.29, 0.717) is 36.0 Å². The lowest BCUT2D eigenvalue weighted by molar-refractivity contribution is -0.122. The van der Waals surface area contributed by atoms with Crippen molar-refractivity contribution in [2.45, 2.75) is 20.5 Å². The third-order valence-electron chi connectivity index (χ3n) is 5.57. The van der Waals surface area contributed by atoms with Crippen LogP contribution >= 0.6 is 11.6 Å². The molecular weight excluding hydrogens is 496 g/mol. The third kappa shape index (κ3) is 5.76. The summed E-state index contributed by atoms with van der Waals surface area (Å²) in [5, 5.41) is 2.46. The lowest BCUT2D eigenvalue weighted by atomic mass is 10.1. The van der Waals surface area contributed by atoms with Crippen molar-refractivity contribution in [3.8, 4) is 17.2 Å². The van der Waals surface area contributed by atoms with E-state index in [1.807, 2.05) is 38.1 Å². The topological polar surface area (TPSA) is 94.2 Å². The van der Waals surface area contributed by atoms with E-state index in [9.17, 15) is 14.4 Å². The van der Waals surface area contributed by atoms with Crippen molar-refractivity contribution in [2.24, 2.45) is 0 Å². The van der Waals surface area contributed by atoms with Crippen molar-refractivity contribution in [2.75, 3.05) is 18.6 Å². The molecule has 4 amide bonds. The van der Waals surface area contributed by atoms with Crippen molar-refractivity contribution >= 4 is 41.2 Å². The van der Waals surface area contributed by atoms with Gasteiger partial charge in [-0.2, -0.15) is 0 Å². The molecule has 3 aromatic carbocycles. The Hall–Kier alpha value is -4.30. The number of hydrogen-bond acceptors (Lipinski definition) is 6. The van der Waals surface area contributed by atoms with E-state index in [1.165, 1.54) is 13.2 Å². The number of carbonyl (C=O) groups excluding carboxylic acids is 3. The molecule has 0 saturated carbocycles. The standard InChI is InChI=1S/C28H25ClN2O6/c1-4-36-25-23(29)14-19(15-24(25)35-3)13-22-26(32)30-28(34)31(27(22)33)20-9-11-21(12-10-20)37-16-18-7-5-17(2)6-8-18/h5-15H,4,16H2,1-3H3,(H,30,32,34)/b22-13+. The first-order valence-corrected chi connectivity index (χ1v) is 11.9. The number of methoxy groups -OCH3 is 1. The minimum absolute atomic E-state index is 0.235. The van der Waals surface area contributed by atoms with Crippen molar-refractivity contribution in [1.82, 2.24) is 5.32 Å². The van der Waals surface area contributed by atoms with Crippen molar-refractivity contribution in [1.29, 1.82) is 0 Å². The van der Waals surface area contributed by atoms with E-state index < -0.39 is 17.8 Å². The fourth-order valence-electron chi connectivity index (χ4n) is 3.71. The van der Waals surface area contributed by atoms with Crippen LogP contribution in [-0.2, 0) is 16.2 Å². The molecule has 0 spiro atoms. The maximum atomic E-state index is 13.2. The molecule has 190 valence electrons. The monoisotopic (exact) mass is 520 g/mol. The first kappa shape index (κ1) is 25.8. The maximum absolute atomic E-state index is 13.2. The molecule has 0 aromatic heterocycles. The maximum Gasteiger partial charge on any atom is 0.335 e. The number of hydrogen-bond donors (Lipinski definition) is 1. The molecule has 1 aliphatic heterocycles. The van der Waals surface area contributed by atoms with Crippen molar-refractivity contribution in [3.05, 3.63) is 87.9 Å². The summed E-state index contributed by atoms with van der Waals surface area (Å²) in [5.74, 6) is -0.315. The Kier molecular flexibility index (Phi) is 7.79. The van der Waals surface area contributed by atoms with E-state index in [4.69, 9.17) is 25.8 Å². The van der Waals surface area contributed by atoms with Crippen LogP contribution in [0.1, 0.15) is 23.6 Å². The summed E-state index contributed by atoms with van der Waals surface area (Å²) in [6, 6.07) is 16.7. The number of nitrogens with zero attached hydrogens (tertiary/aromatic N) is 1. The summed E-state index contributed by atoms with van der Waals surface area (Å²) in [4.78, 5) is 39.2. The van der Waals surface area contributed by atoms with Crippen LogP contribution in [0.25, 0.3) is 6.08 Å². The van der Waals surface area contributed by atoms with Gasteiger partial charge in [-0.3, -0.25) is 14.9 Å². The van der Waals surface area contributed by atoms with Crippen LogP contribution in [0.3, 0.4) is 0 Å². The average molecular weight is 521 g/mol. The summed E-state index contributed by atoms with van der Waals surface area (Å²) < 4.78 is 16.6. The summed E-state index contributed by atoms with van der Waals surface area (Å²) in [6.07, 6.45) is 1.35. The normalized spacial score (nSPS) is 14.5. The Bertz CT molecular complexity index is 1370. The molecule has 0 atom stereocenters. The highest BCUT2D eigenvalue weighted by molar-refractivity contribution is 6.39. The van der Waals surface area contributed by atoms with Crippen LogP contribution in [0.15, 0.2) is 66.2 Å². The van der Waals surface area contributed by atoms with E-state index >= 15 is 0 Å². The summed E-state index contributed by atoms with van der Waals surface area (Å²) >= 11 is 6.32. The number of barbiturate groups is 1. The molecule has 9 heteroatoms. The van der Waals surface area contributed by atoms with Gasteiger partial charge in [0.25, 0.3) is 11.8 Å². The fourth-order valence-corrected chi connectivity index (χ4v) is 3.98. The largest absolute Gasteiger partial charge is 0.493 e. The van der Waals surface area contributed by atoms with Crippen LogP contribution < -0.4 is 24.4 Å². The van der Waals surface area contributed by atoms with Gasteiger partial charge in [-0.15, -0.1) is 0 Å². The number of halogens is 1. The summed E-state index contributed by atoms with van der Waals surface area (Å²) in [7, 11) is 1.46. The average Bonchev–Trinajstić information content (AvgIpc) is 2.88. The zero-order chi connectivity index (χ0) is 26.5. The first-order chi connectivity index (χ1) is 17.8. The van der Waals surface area contributed by atoms with Crippen LogP contribution in [0, 0.1) is 6.92 Å². The molecule has 0 bridgehead atoms. The highest BCUT2D eigenvalue weighted by Gasteiger charge is 2.37. The van der Waals surface area contributed by atoms with Crippen molar-refractivity contribution in [3.63, 3.8) is 0 Å². The molecule has 1 fully saturated rings. The molecule has 0 unspecified atom stereocenters. The molecule has 1 saturated heterocycles. The lowest BCUT2D eigenvalue weighted by Gasteiger charge is -2.26. The van der Waals surface area contributed by atoms with Gasteiger partial charge in [0.2, 0.25) is 0 Å². The van der Waals surface area contributed by atoms with Gasteiger partial charge in [0.15, 0.2) is 11.5 Å². The molecule has 8 nitrogen and oxygen atoms in total. The van der Waals surface area contributed by atoms with Gasteiger partial charge in [-0.1, -0.05) is 41.4 Å². The highest BCUT2D eigenvalue weighted by atomic mass is 35.5. The lowest BCUT2D eigenvalue weighted by Crippen LogP contribution is -2.54. The molecule has 1 N–H and O–H groups in total. The molecule has 0 aliphatic carbocycles. The SMILES string of the molecule is CCOc1c(Cl)cc(/C=C2\C(=O)NC(=O)N(c3ccc(OCc4ccc(C)cc4)cc3)C2=O)cc1OC. The van der Waals surface area contributed by atoms with Gasteiger partial charge in [0.1, 0.15) is 17.9 Å². The Morgan fingerprint density at radius 1 is 0.973 bits per heavy atom. The van der Waals surface area contributed by atoms with Crippen LogP contribution in [-0.4, -0.2) is 31.6 Å². The number of urea groups is 1. The second kappa shape index (κ2) is 11.2. The predicted octanol–water partition coefficient (Wildman–Crippen LogP) is 5.30. The van der Waals surface area contributed by atoms with Gasteiger partial charge in [0.05, 0.1) is 24.4 Å². The highest BCUT2D eigenvalue weighted by Crippen LogP contribution is 2.37. The van der Waals surface area contributed by atoms with E-state index in [1.54, 1.807) is 36.4 Å². The second-order valence-corrected chi connectivity index (χ2v) is 8.60. The molecule has 37 heavy (non-hydrogen) atoms. The fraction of sp³-hybridized carbons (Fsp3) is 0.179. The number of benzene rings is 3. The Morgan fingerprint density at radius 3 is 2.32 bits per heavy atom. The van der Waals surface area contributed by atoms with Crippen LogP contribution in [0.2, 0.25) is 5.02 Å². The smallest absolute Gasteiger partial charge is 0.335 e. The van der Waals surface area contributed by atoms with E-state index in [2.05, 4.69) is 5.32 Å². The zero-order valence-electron chi connectivity index (χ0n) is 20.5.